The van der Waals surface area contributed by atoms with Crippen molar-refractivity contribution in [1.82, 2.24) is 20.5 Å². The number of aryl methyl sites for hydroxylation is 2. The minimum Gasteiger partial charge on any atom is -0.356 e. The summed E-state index contributed by atoms with van der Waals surface area (Å²) in [7, 11) is 0. The predicted molar refractivity (Wildman–Crippen MR) is 121 cm³/mol. The van der Waals surface area contributed by atoms with Crippen LogP contribution < -0.4 is 10.6 Å². The number of nitrogens with zero attached hydrogens (tertiary/aromatic N) is 2. The number of amides is 3. The van der Waals surface area contributed by atoms with Crippen molar-refractivity contribution in [1.29, 1.82) is 0 Å². The van der Waals surface area contributed by atoms with Gasteiger partial charge in [-0.25, -0.2) is 4.98 Å². The standard InChI is InChI=1S/C23H30N4O3S/c1-16-22(31-17(2)26-16)23(30)25-15-21(29)27-13-9-4-3-8-12-24-20(28)14-19(27)18-10-6-5-7-11-18/h5-7,10-11,19H,3-4,8-9,12-15H2,1-2H3,(H,24,28)(H,25,30). The lowest BCUT2D eigenvalue weighted by atomic mass is 10.0. The van der Waals surface area contributed by atoms with Crippen LogP contribution in [-0.2, 0) is 9.59 Å². The second kappa shape index (κ2) is 11.0. The van der Waals surface area contributed by atoms with E-state index in [1.807, 2.05) is 37.3 Å². The molecule has 1 aromatic carbocycles. The molecular formula is C23H30N4O3S. The van der Waals surface area contributed by atoms with Gasteiger partial charge in [-0.05, 0) is 32.3 Å². The van der Waals surface area contributed by atoms with E-state index in [2.05, 4.69) is 15.6 Å². The van der Waals surface area contributed by atoms with Gasteiger partial charge < -0.3 is 15.5 Å². The Balaban J connectivity index is 1.77. The number of nitrogens with one attached hydrogen (secondary N) is 2. The molecule has 1 fully saturated rings. The maximum atomic E-state index is 13.2. The molecule has 1 aromatic heterocycles. The smallest absolute Gasteiger partial charge is 0.263 e. The Kier molecular flexibility index (Phi) is 8.17. The number of carbonyl (C=O) groups is 3. The number of hydrogen-bond acceptors (Lipinski definition) is 5. The van der Waals surface area contributed by atoms with Crippen molar-refractivity contribution >= 4 is 29.1 Å². The van der Waals surface area contributed by atoms with Gasteiger partial charge in [-0.2, -0.15) is 0 Å². The van der Waals surface area contributed by atoms with E-state index in [0.29, 0.717) is 23.7 Å². The van der Waals surface area contributed by atoms with Gasteiger partial charge in [-0.1, -0.05) is 43.2 Å². The molecule has 1 aliphatic heterocycles. The van der Waals surface area contributed by atoms with Crippen LogP contribution in [0.4, 0.5) is 0 Å². The third-order valence-corrected chi connectivity index (χ3v) is 6.49. The molecule has 3 rings (SSSR count). The average molecular weight is 443 g/mol. The quantitative estimate of drug-likeness (QED) is 0.761. The molecule has 166 valence electrons. The number of benzene rings is 1. The summed E-state index contributed by atoms with van der Waals surface area (Å²) >= 11 is 1.32. The molecule has 0 aliphatic carbocycles. The van der Waals surface area contributed by atoms with E-state index in [1.165, 1.54) is 11.3 Å². The molecule has 1 aliphatic rings. The summed E-state index contributed by atoms with van der Waals surface area (Å²) in [5.74, 6) is -0.537. The Morgan fingerprint density at radius 3 is 2.61 bits per heavy atom. The lowest BCUT2D eigenvalue weighted by Gasteiger charge is -2.32. The SMILES string of the molecule is Cc1nc(C)c(C(=O)NCC(=O)N2CCCCCCNC(=O)CC2c2ccccc2)s1. The molecule has 0 spiro atoms. The van der Waals surface area contributed by atoms with Crippen LogP contribution in [0.2, 0.25) is 0 Å². The zero-order valence-corrected chi connectivity index (χ0v) is 19.0. The van der Waals surface area contributed by atoms with Crippen molar-refractivity contribution in [3.8, 4) is 0 Å². The average Bonchev–Trinajstić information content (AvgIpc) is 3.08. The van der Waals surface area contributed by atoms with Gasteiger partial charge in [0.25, 0.3) is 5.91 Å². The number of thiazole rings is 1. The van der Waals surface area contributed by atoms with Crippen molar-refractivity contribution in [2.75, 3.05) is 19.6 Å². The number of hydrogen-bond donors (Lipinski definition) is 2. The second-order valence-electron chi connectivity index (χ2n) is 7.81. The molecule has 1 unspecified atom stereocenters. The summed E-state index contributed by atoms with van der Waals surface area (Å²) < 4.78 is 0. The molecule has 1 saturated heterocycles. The highest BCUT2D eigenvalue weighted by atomic mass is 32.1. The molecule has 0 saturated carbocycles. The van der Waals surface area contributed by atoms with Gasteiger partial charge in [0, 0.05) is 13.1 Å². The summed E-state index contributed by atoms with van der Waals surface area (Å²) in [4.78, 5) is 44.9. The lowest BCUT2D eigenvalue weighted by Crippen LogP contribution is -2.44. The van der Waals surface area contributed by atoms with E-state index in [0.717, 1.165) is 36.3 Å². The van der Waals surface area contributed by atoms with Crippen molar-refractivity contribution in [3.63, 3.8) is 0 Å². The summed E-state index contributed by atoms with van der Waals surface area (Å²) in [6.45, 7) is 4.75. The highest BCUT2D eigenvalue weighted by Gasteiger charge is 2.28. The molecule has 0 radical (unpaired) electrons. The van der Waals surface area contributed by atoms with Crippen LogP contribution >= 0.6 is 11.3 Å². The van der Waals surface area contributed by atoms with E-state index in [1.54, 1.807) is 11.8 Å². The van der Waals surface area contributed by atoms with Crippen molar-refractivity contribution < 1.29 is 14.4 Å². The van der Waals surface area contributed by atoms with Gasteiger partial charge in [0.2, 0.25) is 11.8 Å². The molecule has 3 amide bonds. The summed E-state index contributed by atoms with van der Waals surface area (Å²) in [5, 5.41) is 6.53. The summed E-state index contributed by atoms with van der Waals surface area (Å²) in [6.07, 6.45) is 4.02. The van der Waals surface area contributed by atoms with Gasteiger partial charge >= 0.3 is 0 Å². The fourth-order valence-electron chi connectivity index (χ4n) is 3.85. The second-order valence-corrected chi connectivity index (χ2v) is 9.02. The molecule has 7 nitrogen and oxygen atoms in total. The summed E-state index contributed by atoms with van der Waals surface area (Å²) in [5.41, 5.74) is 1.59. The molecular weight excluding hydrogens is 412 g/mol. The highest BCUT2D eigenvalue weighted by Crippen LogP contribution is 2.26. The first-order chi connectivity index (χ1) is 15.0. The molecule has 0 bridgehead atoms. The topological polar surface area (TPSA) is 91.4 Å². The van der Waals surface area contributed by atoms with Gasteiger partial charge in [-0.15, -0.1) is 11.3 Å². The normalized spacial score (nSPS) is 18.1. The zero-order valence-electron chi connectivity index (χ0n) is 18.1. The highest BCUT2D eigenvalue weighted by molar-refractivity contribution is 7.13. The van der Waals surface area contributed by atoms with Crippen LogP contribution in [0.15, 0.2) is 30.3 Å². The van der Waals surface area contributed by atoms with Crippen molar-refractivity contribution in [2.24, 2.45) is 0 Å². The van der Waals surface area contributed by atoms with E-state index in [-0.39, 0.29) is 36.7 Å². The number of aromatic nitrogens is 1. The minimum absolute atomic E-state index is 0.0617. The van der Waals surface area contributed by atoms with Crippen LogP contribution in [0.5, 0.6) is 0 Å². The molecule has 1 atom stereocenters. The largest absolute Gasteiger partial charge is 0.356 e. The maximum absolute atomic E-state index is 13.2. The first kappa shape index (κ1) is 22.9. The van der Waals surface area contributed by atoms with Gasteiger partial charge in [0.1, 0.15) is 4.88 Å². The zero-order chi connectivity index (χ0) is 22.2. The Hall–Kier alpha value is -2.74. The van der Waals surface area contributed by atoms with E-state index in [4.69, 9.17) is 0 Å². The van der Waals surface area contributed by atoms with Crippen LogP contribution in [0, 0.1) is 13.8 Å². The third-order valence-electron chi connectivity index (χ3n) is 5.42. The molecule has 2 heterocycles. The minimum atomic E-state index is -0.365. The van der Waals surface area contributed by atoms with E-state index in [9.17, 15) is 14.4 Å². The van der Waals surface area contributed by atoms with Crippen LogP contribution in [0.25, 0.3) is 0 Å². The third kappa shape index (κ3) is 6.37. The van der Waals surface area contributed by atoms with Gasteiger partial charge in [0.05, 0.1) is 29.7 Å². The Bertz CT molecular complexity index is 913. The van der Waals surface area contributed by atoms with Crippen molar-refractivity contribution in [3.05, 3.63) is 51.5 Å². The fourth-order valence-corrected chi connectivity index (χ4v) is 4.69. The monoisotopic (exact) mass is 442 g/mol. The predicted octanol–water partition coefficient (Wildman–Crippen LogP) is 3.14. The molecule has 2 N–H and O–H groups in total. The van der Waals surface area contributed by atoms with Gasteiger partial charge in [-0.3, -0.25) is 14.4 Å². The Morgan fingerprint density at radius 2 is 1.90 bits per heavy atom. The molecule has 31 heavy (non-hydrogen) atoms. The van der Waals surface area contributed by atoms with E-state index < -0.39 is 0 Å². The Labute approximate surface area is 187 Å². The van der Waals surface area contributed by atoms with Gasteiger partial charge in [0.15, 0.2) is 0 Å². The van der Waals surface area contributed by atoms with Crippen LogP contribution in [-0.4, -0.2) is 47.2 Å². The van der Waals surface area contributed by atoms with Crippen LogP contribution in [0.3, 0.4) is 0 Å². The first-order valence-electron chi connectivity index (χ1n) is 10.8. The molecule has 2 aromatic rings. The van der Waals surface area contributed by atoms with Crippen LogP contribution in [0.1, 0.15) is 64.1 Å². The number of rotatable bonds is 4. The first-order valence-corrected chi connectivity index (χ1v) is 11.6. The van der Waals surface area contributed by atoms with E-state index >= 15 is 0 Å². The maximum Gasteiger partial charge on any atom is 0.263 e. The fraction of sp³-hybridized carbons (Fsp3) is 0.478. The Morgan fingerprint density at radius 1 is 1.16 bits per heavy atom. The molecule has 8 heteroatoms. The van der Waals surface area contributed by atoms with Crippen molar-refractivity contribution in [2.45, 2.75) is 52.0 Å². The number of carbonyl (C=O) groups excluding carboxylic acids is 3. The lowest BCUT2D eigenvalue weighted by molar-refractivity contribution is -0.134. The summed E-state index contributed by atoms with van der Waals surface area (Å²) in [6, 6.07) is 9.27.